The number of amides is 2. The summed E-state index contributed by atoms with van der Waals surface area (Å²) < 4.78 is 2.03. The Morgan fingerprint density at radius 2 is 1.05 bits per heavy atom. The molecule has 0 spiro atoms. The van der Waals surface area contributed by atoms with E-state index in [1.54, 1.807) is 0 Å². The van der Waals surface area contributed by atoms with Crippen molar-refractivity contribution in [2.45, 2.75) is 32.6 Å². The topological polar surface area (TPSA) is 84.2 Å². The zero-order chi connectivity index (χ0) is 26.8. The summed E-state index contributed by atoms with van der Waals surface area (Å²) in [6.45, 7) is 2.09. The highest BCUT2D eigenvalue weighted by Crippen LogP contribution is 2.32. The van der Waals surface area contributed by atoms with E-state index in [1.807, 2.05) is 36.4 Å². The van der Waals surface area contributed by atoms with Crippen molar-refractivity contribution < 1.29 is 9.59 Å². The number of anilines is 3. The van der Waals surface area contributed by atoms with Crippen LogP contribution in [0.1, 0.15) is 29.5 Å². The molecule has 7 heteroatoms. The average molecular weight is 633 g/mol. The van der Waals surface area contributed by atoms with Crippen LogP contribution in [0.15, 0.2) is 81.7 Å². The van der Waals surface area contributed by atoms with Crippen LogP contribution in [0.4, 0.5) is 17.1 Å². The van der Waals surface area contributed by atoms with Gasteiger partial charge in [-0.3, -0.25) is 9.59 Å². The Morgan fingerprint density at radius 3 is 1.55 bits per heavy atom. The normalized spacial score (nSPS) is 13.9. The number of nitrogens with one attached hydrogen (secondary N) is 2. The van der Waals surface area contributed by atoms with Crippen molar-refractivity contribution in [1.29, 1.82) is 0 Å². The monoisotopic (exact) mass is 631 g/mol. The largest absolute Gasteiger partial charge is 0.398 e. The van der Waals surface area contributed by atoms with Gasteiger partial charge < -0.3 is 16.4 Å². The minimum Gasteiger partial charge on any atom is -0.398 e. The first-order chi connectivity index (χ1) is 18.3. The van der Waals surface area contributed by atoms with Gasteiger partial charge in [0.2, 0.25) is 11.8 Å². The molecule has 0 bridgehead atoms. The summed E-state index contributed by atoms with van der Waals surface area (Å²) in [4.78, 5) is 22.7. The molecule has 0 unspecified atom stereocenters. The van der Waals surface area contributed by atoms with Crippen LogP contribution in [0.3, 0.4) is 0 Å². The van der Waals surface area contributed by atoms with Crippen LogP contribution in [-0.4, -0.2) is 11.8 Å². The van der Waals surface area contributed by atoms with Crippen molar-refractivity contribution in [3.8, 4) is 22.3 Å². The molecule has 0 aromatic heterocycles. The summed E-state index contributed by atoms with van der Waals surface area (Å²) >= 11 is 6.92. The van der Waals surface area contributed by atoms with E-state index in [-0.39, 0.29) is 11.8 Å². The standard InChI is InChI=1S/C16H14BrNO.C15H13BrN2O/c1-10-8-11(2-5-14(10)17)12-3-6-15-13(9-12)4-7-16(19)18-15;16-12-4-1-10(8-13(12)17)9-2-5-14-11(7-9)3-6-15(19)18-14/h2-3,5-6,8-9H,4,7H2,1H3,(H,18,19);1-2,4-5,7-8H,3,6,17H2,(H,18,19). The minimum atomic E-state index is 0.0909. The molecule has 0 saturated carbocycles. The first-order valence-corrected chi connectivity index (χ1v) is 14.0. The molecule has 0 saturated heterocycles. The summed E-state index contributed by atoms with van der Waals surface area (Å²) in [6.07, 6.45) is 2.75. The average Bonchev–Trinajstić information content (AvgIpc) is 2.91. The Morgan fingerprint density at radius 1 is 0.605 bits per heavy atom. The third kappa shape index (κ3) is 5.84. The van der Waals surface area contributed by atoms with Gasteiger partial charge in [0.05, 0.1) is 0 Å². The second-order valence-corrected chi connectivity index (χ2v) is 11.2. The molecule has 38 heavy (non-hydrogen) atoms. The maximum atomic E-state index is 11.3. The Kier molecular flexibility index (Phi) is 7.68. The number of benzene rings is 4. The predicted molar refractivity (Wildman–Crippen MR) is 162 cm³/mol. The molecule has 2 heterocycles. The SMILES string of the molecule is Cc1cc(-c2ccc3c(c2)CCC(=O)N3)ccc1Br.Nc1cc(-c2ccc3c(c2)CCC(=O)N3)ccc1Br. The number of rotatable bonds is 2. The lowest BCUT2D eigenvalue weighted by atomic mass is 9.96. The number of carbonyl (C=O) groups excluding carboxylic acids is 2. The van der Waals surface area contributed by atoms with Gasteiger partial charge in [-0.15, -0.1) is 0 Å². The Bertz CT molecular complexity index is 1450. The molecule has 0 fully saturated rings. The molecule has 0 aliphatic carbocycles. The van der Waals surface area contributed by atoms with Gasteiger partial charge in [-0.05, 0) is 117 Å². The fourth-order valence-corrected chi connectivity index (χ4v) is 5.17. The van der Waals surface area contributed by atoms with E-state index in [4.69, 9.17) is 5.73 Å². The number of fused-ring (bicyclic) bond motifs is 2. The fraction of sp³-hybridized carbons (Fsp3) is 0.161. The lowest BCUT2D eigenvalue weighted by Gasteiger charge is -2.17. The lowest BCUT2D eigenvalue weighted by Crippen LogP contribution is -2.18. The molecular formula is C31H27Br2N3O2. The number of nitrogen functional groups attached to an aromatic ring is 1. The molecule has 4 aromatic rings. The van der Waals surface area contributed by atoms with Gasteiger partial charge in [0.15, 0.2) is 0 Å². The van der Waals surface area contributed by atoms with E-state index in [9.17, 15) is 9.59 Å². The summed E-state index contributed by atoms with van der Waals surface area (Å²) in [6, 6.07) is 24.6. The van der Waals surface area contributed by atoms with Gasteiger partial charge in [0.1, 0.15) is 0 Å². The molecule has 0 atom stereocenters. The lowest BCUT2D eigenvalue weighted by molar-refractivity contribution is -0.117. The molecule has 2 aliphatic heterocycles. The summed E-state index contributed by atoms with van der Waals surface area (Å²) in [5.41, 5.74) is 16.7. The first-order valence-electron chi connectivity index (χ1n) is 12.4. The maximum Gasteiger partial charge on any atom is 0.224 e. The Labute approximate surface area is 239 Å². The molecule has 4 aromatic carbocycles. The highest BCUT2D eigenvalue weighted by Gasteiger charge is 2.16. The van der Waals surface area contributed by atoms with Gasteiger partial charge in [0.25, 0.3) is 0 Å². The van der Waals surface area contributed by atoms with E-state index < -0.39 is 0 Å². The van der Waals surface area contributed by atoms with Crippen molar-refractivity contribution in [3.63, 3.8) is 0 Å². The van der Waals surface area contributed by atoms with E-state index in [2.05, 4.69) is 85.8 Å². The zero-order valence-corrected chi connectivity index (χ0v) is 24.1. The van der Waals surface area contributed by atoms with Crippen LogP contribution >= 0.6 is 31.9 Å². The van der Waals surface area contributed by atoms with Crippen molar-refractivity contribution in [1.82, 2.24) is 0 Å². The summed E-state index contributed by atoms with van der Waals surface area (Å²) in [7, 11) is 0. The van der Waals surface area contributed by atoms with E-state index in [0.29, 0.717) is 12.8 Å². The van der Waals surface area contributed by atoms with Crippen LogP contribution in [-0.2, 0) is 22.4 Å². The number of hydrogen-bond donors (Lipinski definition) is 3. The third-order valence-corrected chi connectivity index (χ3v) is 8.43. The van der Waals surface area contributed by atoms with Gasteiger partial charge >= 0.3 is 0 Å². The van der Waals surface area contributed by atoms with E-state index in [0.717, 1.165) is 50.0 Å². The molecule has 0 radical (unpaired) electrons. The fourth-order valence-electron chi connectivity index (χ4n) is 4.67. The van der Waals surface area contributed by atoms with Crippen molar-refractivity contribution in [3.05, 3.63) is 98.4 Å². The molecule has 4 N–H and O–H groups in total. The van der Waals surface area contributed by atoms with Gasteiger partial charge in [-0.25, -0.2) is 0 Å². The molecule has 6 rings (SSSR count). The number of halogens is 2. The Hall–Kier alpha value is -3.42. The highest BCUT2D eigenvalue weighted by atomic mass is 79.9. The van der Waals surface area contributed by atoms with Gasteiger partial charge in [-0.1, -0.05) is 46.3 Å². The smallest absolute Gasteiger partial charge is 0.224 e. The number of carbonyl (C=O) groups is 2. The van der Waals surface area contributed by atoms with E-state index in [1.165, 1.54) is 27.8 Å². The predicted octanol–water partition coefficient (Wildman–Crippen LogP) is 7.89. The first kappa shape index (κ1) is 26.2. The zero-order valence-electron chi connectivity index (χ0n) is 20.9. The van der Waals surface area contributed by atoms with Crippen molar-refractivity contribution >= 4 is 60.7 Å². The Balaban J connectivity index is 0.000000155. The van der Waals surface area contributed by atoms with Gasteiger partial charge in [-0.2, -0.15) is 0 Å². The minimum absolute atomic E-state index is 0.0909. The molecule has 2 aliphatic rings. The van der Waals surface area contributed by atoms with Crippen LogP contribution < -0.4 is 16.4 Å². The second kappa shape index (κ2) is 11.1. The quantitative estimate of drug-likeness (QED) is 0.196. The number of hydrogen-bond acceptors (Lipinski definition) is 3. The highest BCUT2D eigenvalue weighted by molar-refractivity contribution is 9.10. The van der Waals surface area contributed by atoms with Crippen LogP contribution in [0.5, 0.6) is 0 Å². The molecule has 192 valence electrons. The summed E-state index contributed by atoms with van der Waals surface area (Å²) in [5, 5.41) is 5.80. The van der Waals surface area contributed by atoms with Gasteiger partial charge in [0, 0.05) is 38.8 Å². The van der Waals surface area contributed by atoms with Crippen molar-refractivity contribution in [2.24, 2.45) is 0 Å². The third-order valence-electron chi connectivity index (χ3n) is 6.82. The van der Waals surface area contributed by atoms with Crippen LogP contribution in [0.2, 0.25) is 0 Å². The van der Waals surface area contributed by atoms with Crippen LogP contribution in [0, 0.1) is 6.92 Å². The van der Waals surface area contributed by atoms with E-state index >= 15 is 0 Å². The molecule has 5 nitrogen and oxygen atoms in total. The van der Waals surface area contributed by atoms with Crippen molar-refractivity contribution in [2.75, 3.05) is 16.4 Å². The molecule has 2 amide bonds. The van der Waals surface area contributed by atoms with Crippen LogP contribution in [0.25, 0.3) is 22.3 Å². The number of aryl methyl sites for hydroxylation is 3. The summed E-state index contributed by atoms with van der Waals surface area (Å²) in [5.74, 6) is 0.202. The number of nitrogens with two attached hydrogens (primary N) is 1. The molecular weight excluding hydrogens is 606 g/mol. The second-order valence-electron chi connectivity index (χ2n) is 9.54. The maximum absolute atomic E-state index is 11.3.